The molecule has 1 fully saturated rings. The van der Waals surface area contributed by atoms with E-state index in [4.69, 9.17) is 11.6 Å². The molecular weight excluding hydrogens is 459 g/mol. The van der Waals surface area contributed by atoms with Crippen LogP contribution in [-0.2, 0) is 16.1 Å². The van der Waals surface area contributed by atoms with Crippen molar-refractivity contribution >= 4 is 35.2 Å². The molecule has 1 unspecified atom stereocenters. The van der Waals surface area contributed by atoms with Crippen LogP contribution < -0.4 is 5.32 Å². The Morgan fingerprint density at radius 1 is 1.12 bits per heavy atom. The largest absolute Gasteiger partial charge is 0.352 e. The number of benzene rings is 2. The van der Waals surface area contributed by atoms with Crippen molar-refractivity contribution in [2.75, 3.05) is 5.75 Å². The van der Waals surface area contributed by atoms with E-state index in [2.05, 4.69) is 5.32 Å². The van der Waals surface area contributed by atoms with Crippen LogP contribution in [0.15, 0.2) is 53.4 Å². The van der Waals surface area contributed by atoms with E-state index >= 15 is 0 Å². The van der Waals surface area contributed by atoms with E-state index in [-0.39, 0.29) is 23.7 Å². The van der Waals surface area contributed by atoms with Crippen LogP contribution in [0.2, 0.25) is 5.02 Å². The van der Waals surface area contributed by atoms with Gasteiger partial charge in [-0.1, -0.05) is 43.5 Å². The minimum atomic E-state index is -0.535. The molecule has 1 atom stereocenters. The second kappa shape index (κ2) is 13.0. The molecule has 0 aromatic heterocycles. The lowest BCUT2D eigenvalue weighted by Crippen LogP contribution is -2.50. The van der Waals surface area contributed by atoms with Gasteiger partial charge in [0, 0.05) is 28.9 Å². The van der Waals surface area contributed by atoms with Gasteiger partial charge in [-0.15, -0.1) is 11.8 Å². The Morgan fingerprint density at radius 3 is 2.42 bits per heavy atom. The Labute approximate surface area is 205 Å². The summed E-state index contributed by atoms with van der Waals surface area (Å²) >= 11 is 7.61. The number of halogens is 2. The van der Waals surface area contributed by atoms with Gasteiger partial charge in [0.05, 0.1) is 0 Å². The third-order valence-electron chi connectivity index (χ3n) is 5.97. The van der Waals surface area contributed by atoms with Gasteiger partial charge >= 0.3 is 0 Å². The molecule has 4 nitrogen and oxygen atoms in total. The Kier molecular flexibility index (Phi) is 10.1. The average Bonchev–Trinajstić information content (AvgIpc) is 3.32. The lowest BCUT2D eigenvalue weighted by molar-refractivity contribution is -0.141. The number of hydrogen-bond acceptors (Lipinski definition) is 3. The van der Waals surface area contributed by atoms with Gasteiger partial charge in [-0.05, 0) is 73.4 Å². The van der Waals surface area contributed by atoms with Crippen molar-refractivity contribution in [3.05, 3.63) is 64.9 Å². The number of carbonyl (C=O) groups excluding carboxylic acids is 2. The molecular formula is C26H32ClFN2O2S. The SMILES string of the molecule is CCC(C(=O)NC1CCCC1)N(Cc1ccc(F)cc1)C(=O)CCCSc1ccc(Cl)cc1. The van der Waals surface area contributed by atoms with Gasteiger partial charge < -0.3 is 10.2 Å². The summed E-state index contributed by atoms with van der Waals surface area (Å²) in [5.74, 6) is 0.338. The minimum Gasteiger partial charge on any atom is -0.352 e. The number of rotatable bonds is 11. The van der Waals surface area contributed by atoms with Crippen molar-refractivity contribution in [1.82, 2.24) is 10.2 Å². The van der Waals surface area contributed by atoms with Crippen LogP contribution in [0, 0.1) is 5.82 Å². The fourth-order valence-electron chi connectivity index (χ4n) is 4.16. The summed E-state index contributed by atoms with van der Waals surface area (Å²) in [6.07, 6.45) is 5.84. The summed E-state index contributed by atoms with van der Waals surface area (Å²) in [5.41, 5.74) is 0.812. The predicted octanol–water partition coefficient (Wildman–Crippen LogP) is 6.22. The van der Waals surface area contributed by atoms with Gasteiger partial charge in [0.15, 0.2) is 0 Å². The van der Waals surface area contributed by atoms with Crippen molar-refractivity contribution in [1.29, 1.82) is 0 Å². The minimum absolute atomic E-state index is 0.0514. The highest BCUT2D eigenvalue weighted by Crippen LogP contribution is 2.23. The molecule has 3 rings (SSSR count). The average molecular weight is 491 g/mol. The summed E-state index contributed by atoms with van der Waals surface area (Å²) in [6, 6.07) is 13.4. The molecule has 2 aromatic rings. The fourth-order valence-corrected chi connectivity index (χ4v) is 5.14. The third-order valence-corrected chi connectivity index (χ3v) is 7.32. The summed E-state index contributed by atoms with van der Waals surface area (Å²) in [6.45, 7) is 2.22. The molecule has 0 heterocycles. The maximum Gasteiger partial charge on any atom is 0.243 e. The van der Waals surface area contributed by atoms with E-state index < -0.39 is 6.04 Å². The highest BCUT2D eigenvalue weighted by molar-refractivity contribution is 7.99. The van der Waals surface area contributed by atoms with Crippen LogP contribution in [0.25, 0.3) is 0 Å². The molecule has 2 aromatic carbocycles. The van der Waals surface area contributed by atoms with Crippen LogP contribution in [0.5, 0.6) is 0 Å². The molecule has 1 aliphatic carbocycles. The Balaban J connectivity index is 1.63. The summed E-state index contributed by atoms with van der Waals surface area (Å²) in [4.78, 5) is 29.1. The zero-order valence-electron chi connectivity index (χ0n) is 19.1. The van der Waals surface area contributed by atoms with Crippen molar-refractivity contribution in [2.24, 2.45) is 0 Å². The summed E-state index contributed by atoms with van der Waals surface area (Å²) in [5, 5.41) is 3.85. The maximum atomic E-state index is 13.4. The standard InChI is InChI=1S/C26H32ClFN2O2S/c1-2-24(26(32)29-22-6-3-4-7-22)30(18-19-9-13-21(28)14-10-19)25(31)8-5-17-33-23-15-11-20(27)12-16-23/h9-16,22,24H,2-8,17-18H2,1H3,(H,29,32). The van der Waals surface area contributed by atoms with Crippen molar-refractivity contribution in [2.45, 2.75) is 75.4 Å². The molecule has 0 spiro atoms. The van der Waals surface area contributed by atoms with Crippen molar-refractivity contribution in [3.8, 4) is 0 Å². The second-order valence-corrected chi connectivity index (χ2v) is 10.1. The Bertz CT molecular complexity index is 902. The smallest absolute Gasteiger partial charge is 0.243 e. The summed E-state index contributed by atoms with van der Waals surface area (Å²) < 4.78 is 13.4. The zero-order valence-corrected chi connectivity index (χ0v) is 20.6. The zero-order chi connectivity index (χ0) is 23.6. The summed E-state index contributed by atoms with van der Waals surface area (Å²) in [7, 11) is 0. The van der Waals surface area contributed by atoms with E-state index in [1.165, 1.54) is 12.1 Å². The quantitative estimate of drug-likeness (QED) is 0.300. The molecule has 178 valence electrons. The number of nitrogens with one attached hydrogen (secondary N) is 1. The van der Waals surface area contributed by atoms with Gasteiger partial charge in [-0.25, -0.2) is 4.39 Å². The van der Waals surface area contributed by atoms with Gasteiger partial charge in [0.25, 0.3) is 0 Å². The molecule has 2 amide bonds. The van der Waals surface area contributed by atoms with Gasteiger partial charge in [0.1, 0.15) is 11.9 Å². The first kappa shape index (κ1) is 25.6. The highest BCUT2D eigenvalue weighted by Gasteiger charge is 2.30. The van der Waals surface area contributed by atoms with E-state index in [0.29, 0.717) is 30.8 Å². The lowest BCUT2D eigenvalue weighted by Gasteiger charge is -2.31. The monoisotopic (exact) mass is 490 g/mol. The van der Waals surface area contributed by atoms with Crippen LogP contribution in [-0.4, -0.2) is 34.6 Å². The fraction of sp³-hybridized carbons (Fsp3) is 0.462. The topological polar surface area (TPSA) is 49.4 Å². The molecule has 0 radical (unpaired) electrons. The first-order valence-corrected chi connectivity index (χ1v) is 13.0. The van der Waals surface area contributed by atoms with Gasteiger partial charge in [0.2, 0.25) is 11.8 Å². The second-order valence-electron chi connectivity index (χ2n) is 8.47. The number of amides is 2. The van der Waals surface area contributed by atoms with E-state index in [1.54, 1.807) is 28.8 Å². The normalized spacial score (nSPS) is 14.8. The van der Waals surface area contributed by atoms with E-state index in [0.717, 1.165) is 41.9 Å². The molecule has 7 heteroatoms. The van der Waals surface area contributed by atoms with E-state index in [1.807, 2.05) is 31.2 Å². The molecule has 0 bridgehead atoms. The van der Waals surface area contributed by atoms with Crippen LogP contribution in [0.1, 0.15) is 57.4 Å². The third kappa shape index (κ3) is 8.04. The van der Waals surface area contributed by atoms with Crippen molar-refractivity contribution < 1.29 is 14.0 Å². The van der Waals surface area contributed by atoms with Crippen molar-refractivity contribution in [3.63, 3.8) is 0 Å². The lowest BCUT2D eigenvalue weighted by atomic mass is 10.1. The molecule has 0 aliphatic heterocycles. The molecule has 1 saturated carbocycles. The molecule has 1 aliphatic rings. The van der Waals surface area contributed by atoms with Crippen LogP contribution >= 0.6 is 23.4 Å². The molecule has 0 saturated heterocycles. The van der Waals surface area contributed by atoms with Crippen LogP contribution in [0.4, 0.5) is 4.39 Å². The maximum absolute atomic E-state index is 13.4. The highest BCUT2D eigenvalue weighted by atomic mass is 35.5. The van der Waals surface area contributed by atoms with Crippen LogP contribution in [0.3, 0.4) is 0 Å². The number of nitrogens with zero attached hydrogens (tertiary/aromatic N) is 1. The first-order chi connectivity index (χ1) is 16.0. The molecule has 1 N–H and O–H groups in total. The molecule has 33 heavy (non-hydrogen) atoms. The number of hydrogen-bond donors (Lipinski definition) is 1. The Morgan fingerprint density at radius 2 is 1.79 bits per heavy atom. The first-order valence-electron chi connectivity index (χ1n) is 11.7. The van der Waals surface area contributed by atoms with Gasteiger partial charge in [-0.2, -0.15) is 0 Å². The van der Waals surface area contributed by atoms with Gasteiger partial charge in [-0.3, -0.25) is 9.59 Å². The number of carbonyl (C=O) groups is 2. The number of thioether (sulfide) groups is 1. The van der Waals surface area contributed by atoms with E-state index in [9.17, 15) is 14.0 Å². The Hall–Kier alpha value is -2.05. The predicted molar refractivity (Wildman–Crippen MR) is 133 cm³/mol.